The maximum atomic E-state index is 14.1. The van der Waals surface area contributed by atoms with Gasteiger partial charge in [0.15, 0.2) is 6.29 Å². The van der Waals surface area contributed by atoms with Crippen LogP contribution in [0.3, 0.4) is 0 Å². The Morgan fingerprint density at radius 2 is 0.866 bits per heavy atom. The molecule has 67 heavy (non-hydrogen) atoms. The summed E-state index contributed by atoms with van der Waals surface area (Å²) in [6.07, 6.45) is 48.0. The minimum absolute atomic E-state index is 0.00253. The zero-order valence-electron chi connectivity index (χ0n) is 44.4. The molecule has 9 heteroatoms. The van der Waals surface area contributed by atoms with Crippen molar-refractivity contribution >= 4 is 5.91 Å². The van der Waals surface area contributed by atoms with Crippen molar-refractivity contribution in [3.05, 3.63) is 12.2 Å². The highest BCUT2D eigenvalue weighted by molar-refractivity contribution is 5.76. The number of unbranched alkanes of at least 4 members (excludes halogenated alkanes) is 38. The van der Waals surface area contributed by atoms with Gasteiger partial charge in [0.2, 0.25) is 5.91 Å². The monoisotopic (exact) mass is 952 g/mol. The molecule has 0 saturated carbocycles. The van der Waals surface area contributed by atoms with Crippen LogP contribution in [-0.4, -0.2) is 98.9 Å². The van der Waals surface area contributed by atoms with Gasteiger partial charge in [-0.1, -0.05) is 270 Å². The second kappa shape index (κ2) is 47.3. The molecule has 0 bridgehead atoms. The Hall–Kier alpha value is -1.07. The van der Waals surface area contributed by atoms with Crippen LogP contribution in [-0.2, 0) is 14.3 Å². The number of allylic oxidation sites excluding steroid dienone is 1. The summed E-state index contributed by atoms with van der Waals surface area (Å²) >= 11 is 0. The van der Waals surface area contributed by atoms with E-state index in [1.54, 1.807) is 11.0 Å². The summed E-state index contributed by atoms with van der Waals surface area (Å²) in [7, 11) is 0. The molecular weight excluding hydrogens is 839 g/mol. The molecule has 0 aromatic carbocycles. The Morgan fingerprint density at radius 3 is 1.25 bits per heavy atom. The standard InChI is InChI=1S/C58H113NO8/c1-4-7-10-13-16-18-20-22-23-24-25-26-27-28-29-30-31-33-35-37-39-41-44-47-54(62)59(48-45-42-15-12-9-6-3)51(50-66-58-57(65)56(64)55(63)53(49-60)67-58)52(61)46-43-40-38-36-34-32-21-19-17-14-11-8-5-2/h43,46,51-53,55-58,60-61,63-65H,4-42,44-45,47-50H2,1-3H3/b46-43+/t51?,52?,53-,55-,56+,57-,58?/m1/s1. The molecule has 398 valence electrons. The van der Waals surface area contributed by atoms with Crippen molar-refractivity contribution in [3.8, 4) is 0 Å². The molecule has 3 unspecified atom stereocenters. The lowest BCUT2D eigenvalue weighted by molar-refractivity contribution is -0.303. The Morgan fingerprint density at radius 1 is 0.507 bits per heavy atom. The highest BCUT2D eigenvalue weighted by Crippen LogP contribution is 2.24. The van der Waals surface area contributed by atoms with Gasteiger partial charge in [-0.2, -0.15) is 0 Å². The van der Waals surface area contributed by atoms with E-state index in [9.17, 15) is 30.3 Å². The van der Waals surface area contributed by atoms with E-state index in [1.807, 2.05) is 6.08 Å². The molecule has 9 nitrogen and oxygen atoms in total. The molecule has 1 saturated heterocycles. The number of carbonyl (C=O) groups is 1. The molecule has 0 aromatic rings. The molecule has 1 aliphatic heterocycles. The molecule has 5 N–H and O–H groups in total. The number of aliphatic hydroxyl groups is 5. The van der Waals surface area contributed by atoms with Crippen molar-refractivity contribution < 1.29 is 39.8 Å². The Balaban J connectivity index is 2.59. The van der Waals surface area contributed by atoms with E-state index in [-0.39, 0.29) is 12.5 Å². The lowest BCUT2D eigenvalue weighted by Crippen LogP contribution is -2.60. The van der Waals surface area contributed by atoms with Gasteiger partial charge in [0.05, 0.1) is 25.4 Å². The Labute approximate surface area is 414 Å². The zero-order valence-corrected chi connectivity index (χ0v) is 44.4. The first-order valence-corrected chi connectivity index (χ1v) is 29.4. The first kappa shape index (κ1) is 63.9. The fourth-order valence-corrected chi connectivity index (χ4v) is 9.81. The summed E-state index contributed by atoms with van der Waals surface area (Å²) in [4.78, 5) is 15.9. The Kier molecular flexibility index (Phi) is 45.1. The van der Waals surface area contributed by atoms with E-state index in [2.05, 4.69) is 20.8 Å². The Bertz CT molecular complexity index is 1080. The van der Waals surface area contributed by atoms with Gasteiger partial charge in [-0.15, -0.1) is 0 Å². The van der Waals surface area contributed by atoms with Crippen LogP contribution in [0.25, 0.3) is 0 Å². The maximum absolute atomic E-state index is 14.1. The predicted octanol–water partition coefficient (Wildman–Crippen LogP) is 14.4. The highest BCUT2D eigenvalue weighted by atomic mass is 16.7. The van der Waals surface area contributed by atoms with Gasteiger partial charge < -0.3 is 39.9 Å². The van der Waals surface area contributed by atoms with Crippen LogP contribution in [0, 0.1) is 0 Å². The molecule has 7 atom stereocenters. The summed E-state index contributed by atoms with van der Waals surface area (Å²) in [6, 6.07) is -0.728. The van der Waals surface area contributed by atoms with Crippen LogP contribution in [0.15, 0.2) is 12.2 Å². The smallest absolute Gasteiger partial charge is 0.222 e. The third-order valence-electron chi connectivity index (χ3n) is 14.4. The van der Waals surface area contributed by atoms with Crippen LogP contribution in [0.4, 0.5) is 0 Å². The second-order valence-corrected chi connectivity index (χ2v) is 20.7. The first-order valence-electron chi connectivity index (χ1n) is 29.4. The summed E-state index contributed by atoms with van der Waals surface area (Å²) in [5, 5.41) is 53.0. The fraction of sp³-hybridized carbons (Fsp3) is 0.948. The third kappa shape index (κ3) is 34.8. The van der Waals surface area contributed by atoms with Crippen LogP contribution >= 0.6 is 0 Å². The minimum Gasteiger partial charge on any atom is -0.394 e. The van der Waals surface area contributed by atoms with E-state index in [1.165, 1.54) is 199 Å². The molecule has 1 aliphatic rings. The molecule has 0 aromatic heterocycles. The molecule has 0 spiro atoms. The molecule has 0 radical (unpaired) electrons. The lowest BCUT2D eigenvalue weighted by atomic mass is 9.99. The zero-order chi connectivity index (χ0) is 48.8. The van der Waals surface area contributed by atoms with E-state index in [0.717, 1.165) is 64.2 Å². The summed E-state index contributed by atoms with van der Waals surface area (Å²) in [5.41, 5.74) is 0. The van der Waals surface area contributed by atoms with Gasteiger partial charge in [0, 0.05) is 13.0 Å². The number of amides is 1. The number of hydrogen-bond acceptors (Lipinski definition) is 8. The number of nitrogens with zero attached hydrogens (tertiary/aromatic N) is 1. The van der Waals surface area contributed by atoms with E-state index in [4.69, 9.17) is 9.47 Å². The van der Waals surface area contributed by atoms with E-state index < -0.39 is 49.5 Å². The van der Waals surface area contributed by atoms with Crippen molar-refractivity contribution in [2.75, 3.05) is 19.8 Å². The van der Waals surface area contributed by atoms with Crippen LogP contribution < -0.4 is 0 Å². The quantitative estimate of drug-likeness (QED) is 0.0300. The van der Waals surface area contributed by atoms with Gasteiger partial charge in [-0.25, -0.2) is 0 Å². The molecule has 1 amide bonds. The number of hydrogen-bond donors (Lipinski definition) is 5. The van der Waals surface area contributed by atoms with E-state index in [0.29, 0.717) is 13.0 Å². The van der Waals surface area contributed by atoms with Crippen LogP contribution in [0.2, 0.25) is 0 Å². The average molecular weight is 953 g/mol. The molecule has 1 rings (SSSR count). The SMILES string of the molecule is CCCCCCCCCCCCC/C=C/C(O)C(COC1O[C@H](CO)[C@@H](O)[C@H](O)[C@H]1O)N(CCCCCCCC)C(=O)CCCCCCCCCCCCCCCCCCCCCCCCC. The summed E-state index contributed by atoms with van der Waals surface area (Å²) in [6.45, 7) is 6.56. The van der Waals surface area contributed by atoms with Gasteiger partial charge in [0.25, 0.3) is 0 Å². The van der Waals surface area contributed by atoms with Gasteiger partial charge in [-0.3, -0.25) is 4.79 Å². The molecule has 1 fully saturated rings. The van der Waals surface area contributed by atoms with Gasteiger partial charge in [0.1, 0.15) is 24.4 Å². The largest absolute Gasteiger partial charge is 0.394 e. The maximum Gasteiger partial charge on any atom is 0.222 e. The minimum atomic E-state index is -1.57. The predicted molar refractivity (Wildman–Crippen MR) is 281 cm³/mol. The number of aliphatic hydroxyl groups excluding tert-OH is 5. The van der Waals surface area contributed by atoms with Crippen molar-refractivity contribution in [3.63, 3.8) is 0 Å². The third-order valence-corrected chi connectivity index (χ3v) is 14.4. The van der Waals surface area contributed by atoms with Gasteiger partial charge in [-0.05, 0) is 25.7 Å². The van der Waals surface area contributed by atoms with Crippen molar-refractivity contribution in [2.45, 2.75) is 333 Å². The summed E-state index contributed by atoms with van der Waals surface area (Å²) < 4.78 is 11.7. The number of carbonyl (C=O) groups excluding carboxylic acids is 1. The lowest BCUT2D eigenvalue weighted by Gasteiger charge is -2.41. The second-order valence-electron chi connectivity index (χ2n) is 20.7. The fourth-order valence-electron chi connectivity index (χ4n) is 9.81. The normalized spacial score (nSPS) is 19.7. The topological polar surface area (TPSA) is 140 Å². The van der Waals surface area contributed by atoms with Gasteiger partial charge >= 0.3 is 0 Å². The van der Waals surface area contributed by atoms with Crippen molar-refractivity contribution in [1.29, 1.82) is 0 Å². The summed E-state index contributed by atoms with van der Waals surface area (Å²) in [5.74, 6) is -0.00253. The first-order chi connectivity index (χ1) is 32.8. The van der Waals surface area contributed by atoms with Crippen molar-refractivity contribution in [1.82, 2.24) is 4.90 Å². The van der Waals surface area contributed by atoms with Crippen LogP contribution in [0.5, 0.6) is 0 Å². The molecular formula is C58H113NO8. The number of ether oxygens (including phenoxy) is 2. The highest BCUT2D eigenvalue weighted by Gasteiger charge is 2.44. The molecule has 1 heterocycles. The molecule has 0 aliphatic carbocycles. The average Bonchev–Trinajstić information content (AvgIpc) is 3.33. The van der Waals surface area contributed by atoms with Crippen molar-refractivity contribution in [2.24, 2.45) is 0 Å². The number of rotatable bonds is 50. The van der Waals surface area contributed by atoms with E-state index >= 15 is 0 Å². The van der Waals surface area contributed by atoms with Crippen LogP contribution in [0.1, 0.15) is 290 Å².